The summed E-state index contributed by atoms with van der Waals surface area (Å²) in [6.07, 6.45) is -0.0190. The van der Waals surface area contributed by atoms with Crippen LogP contribution >= 0.6 is 0 Å². The lowest BCUT2D eigenvalue weighted by molar-refractivity contribution is -0.125. The van der Waals surface area contributed by atoms with E-state index in [1.807, 2.05) is 56.3 Å². The van der Waals surface area contributed by atoms with Gasteiger partial charge in [-0.15, -0.1) is 0 Å². The van der Waals surface area contributed by atoms with Crippen molar-refractivity contribution in [3.63, 3.8) is 0 Å². The number of hydrogen-bond donors (Lipinski definition) is 3. The molecule has 2 rings (SSSR count). The summed E-state index contributed by atoms with van der Waals surface area (Å²) in [7, 11) is 0. The van der Waals surface area contributed by atoms with Crippen molar-refractivity contribution >= 4 is 11.6 Å². The Balaban J connectivity index is 1.95. The van der Waals surface area contributed by atoms with Gasteiger partial charge in [-0.05, 0) is 49.6 Å². The van der Waals surface area contributed by atoms with Gasteiger partial charge in [0.1, 0.15) is 0 Å². The number of benzene rings is 2. The number of carbonyl (C=O) groups is 1. The molecule has 0 spiro atoms. The van der Waals surface area contributed by atoms with Crippen LogP contribution in [0.15, 0.2) is 48.5 Å². The predicted octanol–water partition coefficient (Wildman–Crippen LogP) is 3.04. The Labute approximate surface area is 131 Å². The van der Waals surface area contributed by atoms with E-state index in [1.165, 1.54) is 0 Å². The third kappa shape index (κ3) is 4.33. The highest BCUT2D eigenvalue weighted by atomic mass is 16.3. The second-order valence-corrected chi connectivity index (χ2v) is 5.87. The van der Waals surface area contributed by atoms with Crippen molar-refractivity contribution in [1.29, 1.82) is 0 Å². The van der Waals surface area contributed by atoms with E-state index in [0.717, 1.165) is 22.4 Å². The Morgan fingerprint density at radius 3 is 2.27 bits per heavy atom. The molecule has 1 unspecified atom stereocenters. The average Bonchev–Trinajstić information content (AvgIpc) is 2.45. The number of hydrogen-bond acceptors (Lipinski definition) is 3. The molecule has 0 aromatic heterocycles. The molecule has 22 heavy (non-hydrogen) atoms. The maximum Gasteiger partial charge on any atom is 0.241 e. The predicted molar refractivity (Wildman–Crippen MR) is 88.3 cm³/mol. The minimum absolute atomic E-state index is 0.0190. The number of anilines is 1. The maximum absolute atomic E-state index is 12.0. The molecule has 2 aromatic carbocycles. The van der Waals surface area contributed by atoms with Gasteiger partial charge in [-0.2, -0.15) is 0 Å². The largest absolute Gasteiger partial charge is 0.385 e. The first-order chi connectivity index (χ1) is 10.4. The molecule has 0 aliphatic heterocycles. The highest BCUT2D eigenvalue weighted by Gasteiger charge is 2.26. The molecule has 1 amide bonds. The standard InChI is InChI=1S/C18H22N2O2/c1-13-9-14(2)11-16(10-13)19-20-17(21)12-18(3,22)15-7-5-4-6-8-15/h4-11,19,22H,12H2,1-3H3,(H,20,21). The Hall–Kier alpha value is -2.33. The molecule has 0 radical (unpaired) electrons. The highest BCUT2D eigenvalue weighted by molar-refractivity contribution is 5.78. The average molecular weight is 298 g/mol. The SMILES string of the molecule is Cc1cc(C)cc(NNC(=O)CC(C)(O)c2ccccc2)c1. The third-order valence-electron chi connectivity index (χ3n) is 3.47. The fourth-order valence-corrected chi connectivity index (χ4v) is 2.44. The van der Waals surface area contributed by atoms with Gasteiger partial charge >= 0.3 is 0 Å². The summed E-state index contributed by atoms with van der Waals surface area (Å²) in [5.74, 6) is -0.270. The molecule has 0 aliphatic carbocycles. The van der Waals surface area contributed by atoms with Crippen LogP contribution in [0.4, 0.5) is 5.69 Å². The summed E-state index contributed by atoms with van der Waals surface area (Å²) < 4.78 is 0. The van der Waals surface area contributed by atoms with Crippen molar-refractivity contribution in [2.24, 2.45) is 0 Å². The van der Waals surface area contributed by atoms with Gasteiger partial charge in [0, 0.05) is 0 Å². The molecular weight excluding hydrogens is 276 g/mol. The smallest absolute Gasteiger partial charge is 0.241 e. The number of carbonyl (C=O) groups excluding carboxylic acids is 1. The van der Waals surface area contributed by atoms with Crippen molar-refractivity contribution in [2.45, 2.75) is 32.8 Å². The molecule has 4 heteroatoms. The molecule has 0 heterocycles. The van der Waals surface area contributed by atoms with E-state index in [-0.39, 0.29) is 12.3 Å². The van der Waals surface area contributed by atoms with Gasteiger partial charge in [-0.3, -0.25) is 15.6 Å². The topological polar surface area (TPSA) is 61.4 Å². The number of amides is 1. The molecule has 3 N–H and O–H groups in total. The van der Waals surface area contributed by atoms with E-state index in [0.29, 0.717) is 0 Å². The molecule has 116 valence electrons. The fourth-order valence-electron chi connectivity index (χ4n) is 2.44. The van der Waals surface area contributed by atoms with Gasteiger partial charge in [-0.25, -0.2) is 0 Å². The molecule has 0 fully saturated rings. The molecule has 4 nitrogen and oxygen atoms in total. The summed E-state index contributed by atoms with van der Waals surface area (Å²) >= 11 is 0. The van der Waals surface area contributed by atoms with E-state index >= 15 is 0 Å². The van der Waals surface area contributed by atoms with Gasteiger partial charge in [0.05, 0.1) is 17.7 Å². The van der Waals surface area contributed by atoms with E-state index in [2.05, 4.69) is 16.9 Å². The van der Waals surface area contributed by atoms with Crippen molar-refractivity contribution in [1.82, 2.24) is 5.43 Å². The van der Waals surface area contributed by atoms with Crippen molar-refractivity contribution in [3.05, 3.63) is 65.2 Å². The summed E-state index contributed by atoms with van der Waals surface area (Å²) in [6, 6.07) is 15.1. The van der Waals surface area contributed by atoms with Gasteiger partial charge < -0.3 is 5.11 Å². The van der Waals surface area contributed by atoms with Crippen LogP contribution in [-0.4, -0.2) is 11.0 Å². The molecule has 0 saturated carbocycles. The van der Waals surface area contributed by atoms with Crippen LogP contribution in [0.1, 0.15) is 30.0 Å². The van der Waals surface area contributed by atoms with Crippen LogP contribution in [0.2, 0.25) is 0 Å². The Morgan fingerprint density at radius 2 is 1.68 bits per heavy atom. The summed E-state index contributed by atoms with van der Waals surface area (Å²) in [5.41, 5.74) is 8.10. The fraction of sp³-hybridized carbons (Fsp3) is 0.278. The lowest BCUT2D eigenvalue weighted by Crippen LogP contribution is -2.35. The van der Waals surface area contributed by atoms with Gasteiger partial charge in [0.15, 0.2) is 0 Å². The minimum atomic E-state index is -1.20. The van der Waals surface area contributed by atoms with E-state index in [9.17, 15) is 9.90 Å². The quantitative estimate of drug-likeness (QED) is 0.744. The Kier molecular flexibility index (Phi) is 4.83. The van der Waals surface area contributed by atoms with Crippen LogP contribution in [0.25, 0.3) is 0 Å². The second-order valence-electron chi connectivity index (χ2n) is 5.87. The zero-order valence-electron chi connectivity index (χ0n) is 13.2. The molecular formula is C18H22N2O2. The number of aryl methyl sites for hydroxylation is 2. The summed E-state index contributed by atoms with van der Waals surface area (Å²) in [4.78, 5) is 12.0. The highest BCUT2D eigenvalue weighted by Crippen LogP contribution is 2.23. The molecule has 0 aliphatic rings. The van der Waals surface area contributed by atoms with Gasteiger partial charge in [-0.1, -0.05) is 36.4 Å². The molecule has 2 aromatic rings. The zero-order valence-corrected chi connectivity index (χ0v) is 13.2. The third-order valence-corrected chi connectivity index (χ3v) is 3.47. The lowest BCUT2D eigenvalue weighted by Gasteiger charge is -2.23. The maximum atomic E-state index is 12.0. The van der Waals surface area contributed by atoms with E-state index in [4.69, 9.17) is 0 Å². The number of nitrogens with one attached hydrogen (secondary N) is 2. The number of rotatable bonds is 5. The Morgan fingerprint density at radius 1 is 1.09 bits per heavy atom. The van der Waals surface area contributed by atoms with Crippen LogP contribution in [0, 0.1) is 13.8 Å². The van der Waals surface area contributed by atoms with E-state index < -0.39 is 5.60 Å². The van der Waals surface area contributed by atoms with Crippen LogP contribution in [0.5, 0.6) is 0 Å². The van der Waals surface area contributed by atoms with Gasteiger partial charge in [0.2, 0.25) is 5.91 Å². The van der Waals surface area contributed by atoms with Crippen LogP contribution in [-0.2, 0) is 10.4 Å². The molecule has 0 saturated heterocycles. The van der Waals surface area contributed by atoms with Gasteiger partial charge in [0.25, 0.3) is 0 Å². The van der Waals surface area contributed by atoms with Crippen molar-refractivity contribution in [2.75, 3.05) is 5.43 Å². The first kappa shape index (κ1) is 16.0. The normalized spacial score (nSPS) is 13.3. The van der Waals surface area contributed by atoms with Crippen molar-refractivity contribution < 1.29 is 9.90 Å². The molecule has 0 bridgehead atoms. The Bertz CT molecular complexity index is 631. The summed E-state index contributed by atoms with van der Waals surface area (Å²) in [5, 5.41) is 10.5. The van der Waals surface area contributed by atoms with Crippen molar-refractivity contribution in [3.8, 4) is 0 Å². The van der Waals surface area contributed by atoms with Crippen LogP contribution in [0.3, 0.4) is 0 Å². The molecule has 1 atom stereocenters. The zero-order chi connectivity index (χ0) is 16.2. The monoisotopic (exact) mass is 298 g/mol. The second kappa shape index (κ2) is 6.62. The van der Waals surface area contributed by atoms with Crippen LogP contribution < -0.4 is 10.9 Å². The first-order valence-corrected chi connectivity index (χ1v) is 7.28. The number of hydrazine groups is 1. The lowest BCUT2D eigenvalue weighted by atomic mass is 9.92. The van der Waals surface area contributed by atoms with E-state index in [1.54, 1.807) is 6.92 Å². The first-order valence-electron chi connectivity index (χ1n) is 7.28. The summed E-state index contributed by atoms with van der Waals surface area (Å²) in [6.45, 7) is 5.64. The number of aliphatic hydroxyl groups is 1. The minimum Gasteiger partial charge on any atom is -0.385 e.